The van der Waals surface area contributed by atoms with E-state index in [0.717, 1.165) is 17.9 Å². The molecule has 1 aliphatic heterocycles. The van der Waals surface area contributed by atoms with Crippen LogP contribution in [0, 0.1) is 12.7 Å². The average Bonchev–Trinajstić information content (AvgIpc) is 3.03. The lowest BCUT2D eigenvalue weighted by atomic mass is 10.2. The van der Waals surface area contributed by atoms with Crippen molar-refractivity contribution in [3.63, 3.8) is 0 Å². The molecular weight excluding hydrogens is 321 g/mol. The van der Waals surface area contributed by atoms with Crippen LogP contribution in [-0.2, 0) is 0 Å². The van der Waals surface area contributed by atoms with Crippen LogP contribution < -0.4 is 4.90 Å². The Kier molecular flexibility index (Phi) is 5.01. The number of pyridine rings is 1. The van der Waals surface area contributed by atoms with E-state index in [0.29, 0.717) is 31.9 Å². The summed E-state index contributed by atoms with van der Waals surface area (Å²) in [7, 11) is 0. The van der Waals surface area contributed by atoms with Gasteiger partial charge in [0.15, 0.2) is 5.69 Å². The van der Waals surface area contributed by atoms with Crippen molar-refractivity contribution in [2.24, 2.45) is 0 Å². The topological polar surface area (TPSA) is 54.3 Å². The first-order valence-corrected chi connectivity index (χ1v) is 8.71. The number of anilines is 1. The van der Waals surface area contributed by atoms with Crippen molar-refractivity contribution in [2.45, 2.75) is 33.2 Å². The molecule has 2 aromatic heterocycles. The highest BCUT2D eigenvalue weighted by Gasteiger charge is 2.25. The molecule has 1 saturated heterocycles. The number of aryl methyl sites for hydroxylation is 1. The summed E-state index contributed by atoms with van der Waals surface area (Å²) in [6.45, 7) is 8.75. The minimum Gasteiger partial charge on any atom is -0.353 e. The van der Waals surface area contributed by atoms with E-state index in [1.165, 1.54) is 12.3 Å². The number of amides is 1. The lowest BCUT2D eigenvalue weighted by Crippen LogP contribution is -2.49. The molecule has 6 nitrogen and oxygen atoms in total. The van der Waals surface area contributed by atoms with E-state index in [1.54, 1.807) is 6.07 Å². The molecular formula is C18H24FN5O. The molecule has 25 heavy (non-hydrogen) atoms. The summed E-state index contributed by atoms with van der Waals surface area (Å²) in [6, 6.07) is 5.22. The Morgan fingerprint density at radius 3 is 2.60 bits per heavy atom. The molecule has 0 bridgehead atoms. The molecule has 1 amide bonds. The first kappa shape index (κ1) is 17.4. The molecule has 1 unspecified atom stereocenters. The first-order chi connectivity index (χ1) is 12.0. The Morgan fingerprint density at radius 1 is 1.28 bits per heavy atom. The van der Waals surface area contributed by atoms with E-state index < -0.39 is 0 Å². The van der Waals surface area contributed by atoms with Crippen molar-refractivity contribution in [1.29, 1.82) is 0 Å². The smallest absolute Gasteiger partial charge is 0.274 e. The Hall–Kier alpha value is -2.44. The number of carbonyl (C=O) groups excluding carboxylic acids is 1. The fraction of sp³-hybridized carbons (Fsp3) is 0.500. The van der Waals surface area contributed by atoms with Crippen molar-refractivity contribution in [2.75, 3.05) is 31.1 Å². The Balaban J connectivity index is 1.64. The summed E-state index contributed by atoms with van der Waals surface area (Å²) in [5.41, 5.74) is 1.51. The third-order valence-electron chi connectivity index (χ3n) is 4.75. The van der Waals surface area contributed by atoms with Crippen molar-refractivity contribution >= 4 is 11.7 Å². The molecule has 0 aliphatic carbocycles. The second kappa shape index (κ2) is 7.21. The molecule has 134 valence electrons. The zero-order valence-corrected chi connectivity index (χ0v) is 14.9. The van der Waals surface area contributed by atoms with Gasteiger partial charge in [0.25, 0.3) is 5.91 Å². The summed E-state index contributed by atoms with van der Waals surface area (Å²) in [5, 5.41) is 4.50. The second-order valence-corrected chi connectivity index (χ2v) is 6.49. The van der Waals surface area contributed by atoms with E-state index in [9.17, 15) is 9.18 Å². The van der Waals surface area contributed by atoms with Gasteiger partial charge >= 0.3 is 0 Å². The largest absolute Gasteiger partial charge is 0.353 e. The van der Waals surface area contributed by atoms with Gasteiger partial charge in [-0.1, -0.05) is 6.92 Å². The molecule has 0 spiro atoms. The standard InChI is InChI=1S/C18H24FN5O/c1-4-13(2)24-14(3)11-16(21-24)18(25)23-9-7-22(8-10-23)17-6-5-15(19)12-20-17/h5-6,11-13H,4,7-10H2,1-3H3. The van der Waals surface area contributed by atoms with E-state index in [1.807, 2.05) is 22.6 Å². The van der Waals surface area contributed by atoms with Gasteiger partial charge in [0.05, 0.1) is 6.20 Å². The Bertz CT molecular complexity index is 734. The third-order valence-corrected chi connectivity index (χ3v) is 4.75. The molecule has 1 atom stereocenters. The number of nitrogens with zero attached hydrogens (tertiary/aromatic N) is 5. The maximum atomic E-state index is 13.0. The normalized spacial score (nSPS) is 16.2. The quantitative estimate of drug-likeness (QED) is 0.855. The molecule has 3 heterocycles. The van der Waals surface area contributed by atoms with Gasteiger partial charge in [-0.15, -0.1) is 0 Å². The van der Waals surface area contributed by atoms with Crippen LogP contribution in [0.5, 0.6) is 0 Å². The van der Waals surface area contributed by atoms with E-state index in [4.69, 9.17) is 0 Å². The van der Waals surface area contributed by atoms with Gasteiger partial charge in [-0.2, -0.15) is 5.10 Å². The number of carbonyl (C=O) groups is 1. The SMILES string of the molecule is CCC(C)n1nc(C(=O)N2CCN(c3ccc(F)cn3)CC2)cc1C. The zero-order valence-electron chi connectivity index (χ0n) is 14.9. The zero-order chi connectivity index (χ0) is 18.0. The summed E-state index contributed by atoms with van der Waals surface area (Å²) in [5.74, 6) is 0.368. The van der Waals surface area contributed by atoms with Crippen LogP contribution in [0.15, 0.2) is 24.4 Å². The average molecular weight is 345 g/mol. The lowest BCUT2D eigenvalue weighted by Gasteiger charge is -2.35. The van der Waals surface area contributed by atoms with Crippen LogP contribution >= 0.6 is 0 Å². The predicted molar refractivity (Wildman–Crippen MR) is 94.3 cm³/mol. The van der Waals surface area contributed by atoms with Crippen molar-refractivity contribution < 1.29 is 9.18 Å². The maximum absolute atomic E-state index is 13.0. The van der Waals surface area contributed by atoms with Crippen LogP contribution in [0.1, 0.15) is 42.5 Å². The highest BCUT2D eigenvalue weighted by Crippen LogP contribution is 2.17. The molecule has 2 aromatic rings. The molecule has 1 aliphatic rings. The monoisotopic (exact) mass is 345 g/mol. The maximum Gasteiger partial charge on any atom is 0.274 e. The van der Waals surface area contributed by atoms with Gasteiger partial charge in [0.1, 0.15) is 11.6 Å². The van der Waals surface area contributed by atoms with Gasteiger partial charge < -0.3 is 9.80 Å². The summed E-state index contributed by atoms with van der Waals surface area (Å²) in [6.07, 6.45) is 2.19. The summed E-state index contributed by atoms with van der Waals surface area (Å²) < 4.78 is 14.9. The van der Waals surface area contributed by atoms with Crippen molar-refractivity contribution in [3.8, 4) is 0 Å². The van der Waals surface area contributed by atoms with Crippen LogP contribution in [0.25, 0.3) is 0 Å². The Morgan fingerprint density at radius 2 is 2.00 bits per heavy atom. The van der Waals surface area contributed by atoms with Crippen LogP contribution in [0.3, 0.4) is 0 Å². The molecule has 0 radical (unpaired) electrons. The molecule has 0 N–H and O–H groups in total. The summed E-state index contributed by atoms with van der Waals surface area (Å²) >= 11 is 0. The minimum absolute atomic E-state index is 0.0307. The van der Waals surface area contributed by atoms with Crippen molar-refractivity contribution in [1.82, 2.24) is 19.7 Å². The van der Waals surface area contributed by atoms with Gasteiger partial charge in [0, 0.05) is 37.9 Å². The second-order valence-electron chi connectivity index (χ2n) is 6.49. The Labute approximate surface area is 147 Å². The number of aromatic nitrogens is 3. The van der Waals surface area contributed by atoms with Gasteiger partial charge in [-0.3, -0.25) is 9.48 Å². The van der Waals surface area contributed by atoms with Crippen LogP contribution in [-0.4, -0.2) is 51.8 Å². The number of halogens is 1. The van der Waals surface area contributed by atoms with E-state index in [2.05, 4.69) is 28.8 Å². The molecule has 1 fully saturated rings. The fourth-order valence-corrected chi connectivity index (χ4v) is 3.07. The third kappa shape index (κ3) is 3.65. The highest BCUT2D eigenvalue weighted by atomic mass is 19.1. The van der Waals surface area contributed by atoms with E-state index >= 15 is 0 Å². The molecule has 3 rings (SSSR count). The first-order valence-electron chi connectivity index (χ1n) is 8.71. The summed E-state index contributed by atoms with van der Waals surface area (Å²) in [4.78, 5) is 20.7. The lowest BCUT2D eigenvalue weighted by molar-refractivity contribution is 0.0739. The van der Waals surface area contributed by atoms with E-state index in [-0.39, 0.29) is 17.8 Å². The molecule has 0 aromatic carbocycles. The fourth-order valence-electron chi connectivity index (χ4n) is 3.07. The van der Waals surface area contributed by atoms with Gasteiger partial charge in [0.2, 0.25) is 0 Å². The molecule has 0 saturated carbocycles. The predicted octanol–water partition coefficient (Wildman–Crippen LogP) is 2.66. The number of piperazine rings is 1. The number of rotatable bonds is 4. The highest BCUT2D eigenvalue weighted by molar-refractivity contribution is 5.92. The van der Waals surface area contributed by atoms with Crippen molar-refractivity contribution in [3.05, 3.63) is 41.6 Å². The van der Waals surface area contributed by atoms with Crippen LogP contribution in [0.2, 0.25) is 0 Å². The molecule has 7 heteroatoms. The number of hydrogen-bond acceptors (Lipinski definition) is 4. The number of hydrogen-bond donors (Lipinski definition) is 0. The minimum atomic E-state index is -0.343. The van der Waals surface area contributed by atoms with Gasteiger partial charge in [-0.05, 0) is 38.5 Å². The van der Waals surface area contributed by atoms with Crippen LogP contribution in [0.4, 0.5) is 10.2 Å². The van der Waals surface area contributed by atoms with Gasteiger partial charge in [-0.25, -0.2) is 9.37 Å².